The quantitative estimate of drug-likeness (QED) is 0.638. The van der Waals surface area contributed by atoms with Gasteiger partial charge in [-0.1, -0.05) is 24.3 Å². The van der Waals surface area contributed by atoms with Crippen LogP contribution in [0.3, 0.4) is 0 Å². The van der Waals surface area contributed by atoms with Crippen LogP contribution in [0, 0.1) is 6.92 Å². The summed E-state index contributed by atoms with van der Waals surface area (Å²) in [5.41, 5.74) is 15.6. The van der Waals surface area contributed by atoms with Crippen LogP contribution in [-0.4, -0.2) is 32.2 Å². The number of fused-ring (bicyclic) bond motifs is 1. The van der Waals surface area contributed by atoms with Crippen LogP contribution in [0.1, 0.15) is 45.0 Å². The number of nitrogens with two attached hydrogens (primary N) is 2. The standard InChI is InChI=1S/C19H21N7O/c1-11-4-2-3-5-12(11)16(13-6-7-23-19(21)24-13)17-15-10-14(18(20)27)25-26(15)9-8-22-17/h2-7,10,16-17,22H,8-9H2,1H3,(H2,20,27)(H2,21,23,24). The van der Waals surface area contributed by atoms with E-state index in [1.165, 1.54) is 0 Å². The first-order valence-corrected chi connectivity index (χ1v) is 8.79. The number of rotatable bonds is 4. The minimum absolute atomic E-state index is 0.118. The van der Waals surface area contributed by atoms with Crippen molar-refractivity contribution in [1.82, 2.24) is 25.1 Å². The maximum Gasteiger partial charge on any atom is 0.269 e. The second-order valence-electron chi connectivity index (χ2n) is 6.65. The molecule has 0 fully saturated rings. The Morgan fingerprint density at radius 2 is 2.15 bits per heavy atom. The third-order valence-corrected chi connectivity index (χ3v) is 4.94. The summed E-state index contributed by atoms with van der Waals surface area (Å²) < 4.78 is 1.84. The predicted molar refractivity (Wildman–Crippen MR) is 101 cm³/mol. The number of nitrogen functional groups attached to an aromatic ring is 1. The molecule has 3 aromatic rings. The molecular formula is C19H21N7O. The molecule has 0 saturated heterocycles. The molecule has 0 saturated carbocycles. The fraction of sp³-hybridized carbons (Fsp3) is 0.263. The number of anilines is 1. The Morgan fingerprint density at radius 3 is 2.89 bits per heavy atom. The molecule has 27 heavy (non-hydrogen) atoms. The molecule has 1 aliphatic rings. The average Bonchev–Trinajstić information content (AvgIpc) is 3.09. The van der Waals surface area contributed by atoms with Crippen LogP contribution in [0.4, 0.5) is 5.95 Å². The zero-order valence-electron chi connectivity index (χ0n) is 15.0. The number of nitrogens with one attached hydrogen (secondary N) is 1. The summed E-state index contributed by atoms with van der Waals surface area (Å²) in [5.74, 6) is -0.421. The largest absolute Gasteiger partial charge is 0.368 e. The van der Waals surface area contributed by atoms with E-state index in [1.807, 2.05) is 22.9 Å². The third kappa shape index (κ3) is 3.15. The number of amides is 1. The molecule has 2 unspecified atom stereocenters. The van der Waals surface area contributed by atoms with Crippen LogP contribution in [0.15, 0.2) is 42.6 Å². The van der Waals surface area contributed by atoms with Crippen molar-refractivity contribution in [3.05, 3.63) is 70.8 Å². The van der Waals surface area contributed by atoms with E-state index in [4.69, 9.17) is 11.5 Å². The molecule has 0 spiro atoms. The van der Waals surface area contributed by atoms with Crippen LogP contribution in [0.2, 0.25) is 0 Å². The van der Waals surface area contributed by atoms with Crippen molar-refractivity contribution in [1.29, 1.82) is 0 Å². The summed E-state index contributed by atoms with van der Waals surface area (Å²) >= 11 is 0. The molecule has 0 radical (unpaired) electrons. The number of benzene rings is 1. The van der Waals surface area contributed by atoms with Crippen molar-refractivity contribution in [2.45, 2.75) is 25.4 Å². The Morgan fingerprint density at radius 1 is 1.33 bits per heavy atom. The first-order chi connectivity index (χ1) is 13.0. The van der Waals surface area contributed by atoms with Gasteiger partial charge in [-0.25, -0.2) is 9.97 Å². The second-order valence-corrected chi connectivity index (χ2v) is 6.65. The van der Waals surface area contributed by atoms with Gasteiger partial charge in [-0.3, -0.25) is 9.48 Å². The smallest absolute Gasteiger partial charge is 0.269 e. The lowest BCUT2D eigenvalue weighted by Gasteiger charge is -2.33. The van der Waals surface area contributed by atoms with E-state index in [-0.39, 0.29) is 23.6 Å². The monoisotopic (exact) mass is 363 g/mol. The van der Waals surface area contributed by atoms with Crippen LogP contribution in [0.25, 0.3) is 0 Å². The Bertz CT molecular complexity index is 997. The van der Waals surface area contributed by atoms with Crippen molar-refractivity contribution in [3.8, 4) is 0 Å². The zero-order chi connectivity index (χ0) is 19.0. The minimum atomic E-state index is -0.533. The van der Waals surface area contributed by atoms with Crippen molar-refractivity contribution < 1.29 is 4.79 Å². The molecule has 1 aliphatic heterocycles. The number of hydrogen-bond acceptors (Lipinski definition) is 6. The molecule has 1 aromatic carbocycles. The molecule has 8 nitrogen and oxygen atoms in total. The maximum absolute atomic E-state index is 11.6. The number of hydrogen-bond donors (Lipinski definition) is 3. The maximum atomic E-state index is 11.6. The fourth-order valence-corrected chi connectivity index (χ4v) is 3.71. The van der Waals surface area contributed by atoms with E-state index in [0.29, 0.717) is 6.54 Å². The topological polar surface area (TPSA) is 125 Å². The average molecular weight is 363 g/mol. The Labute approximate surface area is 156 Å². The first-order valence-electron chi connectivity index (χ1n) is 8.79. The SMILES string of the molecule is Cc1ccccc1C(c1ccnc(N)n1)C1NCCn2nc(C(N)=O)cc21. The van der Waals surface area contributed by atoms with Crippen LogP contribution < -0.4 is 16.8 Å². The molecule has 8 heteroatoms. The summed E-state index contributed by atoms with van der Waals surface area (Å²) in [5, 5.41) is 7.91. The van der Waals surface area contributed by atoms with Gasteiger partial charge >= 0.3 is 0 Å². The Balaban J connectivity index is 1.88. The molecule has 5 N–H and O–H groups in total. The number of carbonyl (C=O) groups is 1. The summed E-state index contributed by atoms with van der Waals surface area (Å²) in [4.78, 5) is 20.1. The zero-order valence-corrected chi connectivity index (χ0v) is 15.0. The van der Waals surface area contributed by atoms with Crippen LogP contribution in [-0.2, 0) is 6.54 Å². The molecule has 3 heterocycles. The number of aryl methyl sites for hydroxylation is 1. The van der Waals surface area contributed by atoms with Crippen LogP contribution >= 0.6 is 0 Å². The van der Waals surface area contributed by atoms with Gasteiger partial charge in [0.1, 0.15) is 5.69 Å². The number of carbonyl (C=O) groups excluding carboxylic acids is 1. The van der Waals surface area contributed by atoms with Crippen molar-refractivity contribution in [2.75, 3.05) is 12.3 Å². The molecule has 2 atom stereocenters. The van der Waals surface area contributed by atoms with E-state index in [9.17, 15) is 4.79 Å². The summed E-state index contributed by atoms with van der Waals surface area (Å²) in [6, 6.07) is 11.7. The van der Waals surface area contributed by atoms with Crippen LogP contribution in [0.5, 0.6) is 0 Å². The lowest BCUT2D eigenvalue weighted by Crippen LogP contribution is -2.37. The van der Waals surface area contributed by atoms with Gasteiger partial charge in [0.2, 0.25) is 5.95 Å². The van der Waals surface area contributed by atoms with Gasteiger partial charge in [-0.2, -0.15) is 5.10 Å². The van der Waals surface area contributed by atoms with E-state index in [2.05, 4.69) is 39.4 Å². The van der Waals surface area contributed by atoms with E-state index in [1.54, 1.807) is 12.3 Å². The number of aromatic nitrogens is 4. The van der Waals surface area contributed by atoms with Gasteiger partial charge in [0, 0.05) is 18.7 Å². The number of nitrogens with zero attached hydrogens (tertiary/aromatic N) is 4. The first kappa shape index (κ1) is 17.2. The van der Waals surface area contributed by atoms with E-state index >= 15 is 0 Å². The summed E-state index contributed by atoms with van der Waals surface area (Å²) in [7, 11) is 0. The second kappa shape index (κ2) is 6.81. The molecule has 4 rings (SSSR count). The van der Waals surface area contributed by atoms with Gasteiger partial charge in [-0.15, -0.1) is 0 Å². The van der Waals surface area contributed by atoms with Crippen molar-refractivity contribution >= 4 is 11.9 Å². The molecule has 138 valence electrons. The van der Waals surface area contributed by atoms with Gasteiger partial charge in [0.05, 0.1) is 24.0 Å². The summed E-state index contributed by atoms with van der Waals surface area (Å²) in [6.45, 7) is 3.47. The molecular weight excluding hydrogens is 342 g/mol. The predicted octanol–water partition coefficient (Wildman–Crippen LogP) is 1.14. The highest BCUT2D eigenvalue weighted by atomic mass is 16.1. The van der Waals surface area contributed by atoms with Gasteiger partial charge in [-0.05, 0) is 30.2 Å². The summed E-state index contributed by atoms with van der Waals surface area (Å²) in [6.07, 6.45) is 1.66. The fourth-order valence-electron chi connectivity index (χ4n) is 3.71. The number of primary amides is 1. The van der Waals surface area contributed by atoms with Crippen molar-refractivity contribution in [3.63, 3.8) is 0 Å². The lowest BCUT2D eigenvalue weighted by atomic mass is 9.83. The van der Waals surface area contributed by atoms with Gasteiger partial charge < -0.3 is 16.8 Å². The molecule has 2 aromatic heterocycles. The minimum Gasteiger partial charge on any atom is -0.368 e. The Kier molecular flexibility index (Phi) is 4.33. The third-order valence-electron chi connectivity index (χ3n) is 4.94. The molecule has 0 bridgehead atoms. The van der Waals surface area contributed by atoms with Gasteiger partial charge in [0.15, 0.2) is 0 Å². The van der Waals surface area contributed by atoms with Gasteiger partial charge in [0.25, 0.3) is 5.91 Å². The highest BCUT2D eigenvalue weighted by molar-refractivity contribution is 5.90. The van der Waals surface area contributed by atoms with Crippen molar-refractivity contribution in [2.24, 2.45) is 5.73 Å². The normalized spacial score (nSPS) is 17.3. The highest BCUT2D eigenvalue weighted by Crippen LogP contribution is 2.38. The molecule has 1 amide bonds. The lowest BCUT2D eigenvalue weighted by molar-refractivity contribution is 0.0994. The van der Waals surface area contributed by atoms with E-state index < -0.39 is 5.91 Å². The molecule has 0 aliphatic carbocycles. The Hall–Kier alpha value is -3.26. The van der Waals surface area contributed by atoms with E-state index in [0.717, 1.165) is 29.1 Å². The highest BCUT2D eigenvalue weighted by Gasteiger charge is 2.34.